The minimum Gasteiger partial charge on any atom is -0.478 e. The number of aromatic carboxylic acids is 1. The molecule has 1 heterocycles. The van der Waals surface area contributed by atoms with Crippen molar-refractivity contribution in [3.63, 3.8) is 0 Å². The van der Waals surface area contributed by atoms with Crippen molar-refractivity contribution in [2.75, 3.05) is 11.1 Å². The SMILES string of the molecule is Cc1nc(CNc2cc(C(=O)O)ccc2N)oc1C. The van der Waals surface area contributed by atoms with Gasteiger partial charge in [-0.1, -0.05) is 0 Å². The maximum Gasteiger partial charge on any atom is 0.335 e. The van der Waals surface area contributed by atoms with Gasteiger partial charge >= 0.3 is 5.97 Å². The Hall–Kier alpha value is -2.50. The molecule has 0 spiro atoms. The molecule has 4 N–H and O–H groups in total. The molecule has 2 rings (SSSR count). The lowest BCUT2D eigenvalue weighted by Gasteiger charge is -2.08. The average Bonchev–Trinajstić information content (AvgIpc) is 2.67. The summed E-state index contributed by atoms with van der Waals surface area (Å²) in [4.78, 5) is 15.1. The van der Waals surface area contributed by atoms with Crippen LogP contribution in [0.1, 0.15) is 27.7 Å². The molecule has 0 atom stereocenters. The molecular weight excluding hydrogens is 246 g/mol. The second kappa shape index (κ2) is 5.01. The third-order valence-electron chi connectivity index (χ3n) is 2.80. The molecule has 6 heteroatoms. The van der Waals surface area contributed by atoms with Crippen LogP contribution in [0, 0.1) is 13.8 Å². The van der Waals surface area contributed by atoms with Gasteiger partial charge in [0.05, 0.1) is 29.2 Å². The number of oxazole rings is 1. The fourth-order valence-electron chi connectivity index (χ4n) is 1.63. The zero-order valence-corrected chi connectivity index (χ0v) is 10.7. The number of hydrogen-bond acceptors (Lipinski definition) is 5. The molecule has 0 saturated heterocycles. The fourth-order valence-corrected chi connectivity index (χ4v) is 1.63. The van der Waals surface area contributed by atoms with Crippen LogP contribution in [0.3, 0.4) is 0 Å². The lowest BCUT2D eigenvalue weighted by molar-refractivity contribution is 0.0697. The number of rotatable bonds is 4. The summed E-state index contributed by atoms with van der Waals surface area (Å²) in [5.74, 6) is 0.310. The summed E-state index contributed by atoms with van der Waals surface area (Å²) >= 11 is 0. The van der Waals surface area contributed by atoms with Gasteiger partial charge in [0, 0.05) is 0 Å². The number of nitrogens with zero attached hydrogens (tertiary/aromatic N) is 1. The highest BCUT2D eigenvalue weighted by Gasteiger charge is 2.09. The van der Waals surface area contributed by atoms with E-state index in [2.05, 4.69) is 10.3 Å². The highest BCUT2D eigenvalue weighted by Crippen LogP contribution is 2.21. The van der Waals surface area contributed by atoms with Crippen molar-refractivity contribution >= 4 is 17.3 Å². The van der Waals surface area contributed by atoms with E-state index in [4.69, 9.17) is 15.3 Å². The van der Waals surface area contributed by atoms with E-state index >= 15 is 0 Å². The number of nitrogen functional groups attached to an aromatic ring is 1. The van der Waals surface area contributed by atoms with Crippen molar-refractivity contribution in [2.24, 2.45) is 0 Å². The number of benzene rings is 1. The predicted molar refractivity (Wildman–Crippen MR) is 71.1 cm³/mol. The summed E-state index contributed by atoms with van der Waals surface area (Å²) in [6.45, 7) is 4.05. The zero-order valence-electron chi connectivity index (χ0n) is 10.7. The number of aryl methyl sites for hydroxylation is 2. The Morgan fingerprint density at radius 1 is 1.47 bits per heavy atom. The standard InChI is InChI=1S/C13H15N3O3/c1-7-8(2)19-12(16-7)6-15-11-5-9(13(17)18)3-4-10(11)14/h3-5,15H,6,14H2,1-2H3,(H,17,18). The van der Waals surface area contributed by atoms with E-state index in [0.29, 0.717) is 23.8 Å². The number of anilines is 2. The van der Waals surface area contributed by atoms with E-state index in [9.17, 15) is 4.79 Å². The maximum absolute atomic E-state index is 10.9. The number of carbonyl (C=O) groups is 1. The average molecular weight is 261 g/mol. The number of nitrogens with one attached hydrogen (secondary N) is 1. The molecule has 2 aromatic rings. The molecule has 1 aromatic carbocycles. The van der Waals surface area contributed by atoms with Gasteiger partial charge in [-0.25, -0.2) is 9.78 Å². The van der Waals surface area contributed by atoms with E-state index in [-0.39, 0.29) is 5.56 Å². The number of carboxylic acids is 1. The molecule has 0 saturated carbocycles. The van der Waals surface area contributed by atoms with E-state index in [0.717, 1.165) is 11.5 Å². The first-order chi connectivity index (χ1) is 8.97. The van der Waals surface area contributed by atoms with E-state index < -0.39 is 5.97 Å². The van der Waals surface area contributed by atoms with Gasteiger partial charge in [0.1, 0.15) is 5.76 Å². The highest BCUT2D eigenvalue weighted by molar-refractivity contribution is 5.90. The molecule has 0 aliphatic rings. The van der Waals surface area contributed by atoms with E-state index in [1.807, 2.05) is 13.8 Å². The van der Waals surface area contributed by atoms with Gasteiger partial charge in [-0.3, -0.25) is 0 Å². The summed E-state index contributed by atoms with van der Waals surface area (Å²) in [7, 11) is 0. The lowest BCUT2D eigenvalue weighted by atomic mass is 10.1. The normalized spacial score (nSPS) is 10.4. The molecule has 0 aliphatic carbocycles. The third kappa shape index (κ3) is 2.85. The monoisotopic (exact) mass is 261 g/mol. The van der Waals surface area contributed by atoms with Crippen LogP contribution in [0.4, 0.5) is 11.4 Å². The summed E-state index contributed by atoms with van der Waals surface area (Å²) in [6, 6.07) is 4.50. The second-order valence-corrected chi connectivity index (χ2v) is 4.21. The zero-order chi connectivity index (χ0) is 14.0. The number of aromatic nitrogens is 1. The number of hydrogen-bond donors (Lipinski definition) is 3. The van der Waals surface area contributed by atoms with Gasteiger partial charge in [0.2, 0.25) is 5.89 Å². The first-order valence-corrected chi connectivity index (χ1v) is 5.77. The minimum absolute atomic E-state index is 0.177. The van der Waals surface area contributed by atoms with Gasteiger partial charge in [0.15, 0.2) is 0 Å². The number of nitrogens with two attached hydrogens (primary N) is 1. The molecule has 0 bridgehead atoms. The van der Waals surface area contributed by atoms with Crippen LogP contribution in [-0.4, -0.2) is 16.1 Å². The molecular formula is C13H15N3O3. The van der Waals surface area contributed by atoms with Crippen molar-refractivity contribution in [3.05, 3.63) is 41.1 Å². The van der Waals surface area contributed by atoms with Crippen LogP contribution in [-0.2, 0) is 6.54 Å². The molecule has 1 aromatic heterocycles. The molecule has 0 unspecified atom stereocenters. The summed E-state index contributed by atoms with van der Waals surface area (Å²) in [6.07, 6.45) is 0. The summed E-state index contributed by atoms with van der Waals surface area (Å²) in [5, 5.41) is 11.9. The van der Waals surface area contributed by atoms with Crippen molar-refractivity contribution in [3.8, 4) is 0 Å². The van der Waals surface area contributed by atoms with E-state index in [1.165, 1.54) is 12.1 Å². The van der Waals surface area contributed by atoms with Crippen LogP contribution in [0.25, 0.3) is 0 Å². The largest absolute Gasteiger partial charge is 0.478 e. The Morgan fingerprint density at radius 2 is 2.21 bits per heavy atom. The molecule has 0 aliphatic heterocycles. The lowest BCUT2D eigenvalue weighted by Crippen LogP contribution is -2.05. The van der Waals surface area contributed by atoms with Crippen molar-refractivity contribution in [2.45, 2.75) is 20.4 Å². The van der Waals surface area contributed by atoms with Crippen LogP contribution >= 0.6 is 0 Å². The maximum atomic E-state index is 10.9. The van der Waals surface area contributed by atoms with E-state index in [1.54, 1.807) is 6.07 Å². The van der Waals surface area contributed by atoms with Crippen molar-refractivity contribution < 1.29 is 14.3 Å². The number of carboxylic acid groups (broad SMARTS) is 1. The van der Waals surface area contributed by atoms with Crippen LogP contribution in [0.5, 0.6) is 0 Å². The first kappa shape index (κ1) is 12.9. The second-order valence-electron chi connectivity index (χ2n) is 4.21. The Balaban J connectivity index is 2.14. The van der Waals surface area contributed by atoms with Crippen LogP contribution in [0.2, 0.25) is 0 Å². The highest BCUT2D eigenvalue weighted by atomic mass is 16.4. The molecule has 100 valence electrons. The first-order valence-electron chi connectivity index (χ1n) is 5.77. The topological polar surface area (TPSA) is 101 Å². The van der Waals surface area contributed by atoms with Crippen molar-refractivity contribution in [1.29, 1.82) is 0 Å². The molecule has 6 nitrogen and oxygen atoms in total. The Kier molecular flexibility index (Phi) is 3.41. The van der Waals surface area contributed by atoms with Gasteiger partial charge < -0.3 is 20.6 Å². The molecule has 19 heavy (non-hydrogen) atoms. The van der Waals surface area contributed by atoms with Gasteiger partial charge in [0.25, 0.3) is 0 Å². The van der Waals surface area contributed by atoms with Crippen molar-refractivity contribution in [1.82, 2.24) is 4.98 Å². The smallest absolute Gasteiger partial charge is 0.335 e. The summed E-state index contributed by atoms with van der Waals surface area (Å²) < 4.78 is 5.42. The van der Waals surface area contributed by atoms with Gasteiger partial charge in [-0.05, 0) is 32.0 Å². The quantitative estimate of drug-likeness (QED) is 0.729. The molecule has 0 amide bonds. The van der Waals surface area contributed by atoms with Crippen LogP contribution < -0.4 is 11.1 Å². The summed E-state index contributed by atoms with van der Waals surface area (Å²) in [5.41, 5.74) is 7.82. The Bertz CT molecular complexity index is 600. The Labute approximate surface area is 110 Å². The third-order valence-corrected chi connectivity index (χ3v) is 2.80. The van der Waals surface area contributed by atoms with Gasteiger partial charge in [-0.2, -0.15) is 0 Å². The Morgan fingerprint density at radius 3 is 2.79 bits per heavy atom. The predicted octanol–water partition coefficient (Wildman–Crippen LogP) is 2.18. The molecule has 0 radical (unpaired) electrons. The molecule has 0 fully saturated rings. The minimum atomic E-state index is -0.995. The fraction of sp³-hybridized carbons (Fsp3) is 0.231. The van der Waals surface area contributed by atoms with Crippen LogP contribution in [0.15, 0.2) is 22.6 Å². The van der Waals surface area contributed by atoms with Gasteiger partial charge in [-0.15, -0.1) is 0 Å².